The highest BCUT2D eigenvalue weighted by Crippen LogP contribution is 2.30. The Morgan fingerprint density at radius 1 is 1.21 bits per heavy atom. The van der Waals surface area contributed by atoms with E-state index >= 15 is 0 Å². The molecule has 0 aliphatic carbocycles. The lowest BCUT2D eigenvalue weighted by molar-refractivity contribution is -0.118. The van der Waals surface area contributed by atoms with Gasteiger partial charge >= 0.3 is 0 Å². The number of ether oxygens (including phenoxy) is 1. The van der Waals surface area contributed by atoms with Gasteiger partial charge < -0.3 is 14.5 Å². The third kappa shape index (κ3) is 4.75. The summed E-state index contributed by atoms with van der Waals surface area (Å²) in [4.78, 5) is 14.6. The van der Waals surface area contributed by atoms with Crippen LogP contribution in [0.1, 0.15) is 13.8 Å². The number of nitrogens with zero attached hydrogens (tertiary/aromatic N) is 2. The number of anilines is 2. The zero-order valence-corrected chi connectivity index (χ0v) is 15.0. The highest BCUT2D eigenvalue weighted by atomic mass is 32.2. The highest BCUT2D eigenvalue weighted by Gasteiger charge is 2.19. The van der Waals surface area contributed by atoms with Crippen LogP contribution in [0.3, 0.4) is 0 Å². The van der Waals surface area contributed by atoms with Crippen LogP contribution in [0, 0.1) is 0 Å². The first-order valence-electron chi connectivity index (χ1n) is 7.77. The highest BCUT2D eigenvalue weighted by molar-refractivity contribution is 7.90. The van der Waals surface area contributed by atoms with E-state index in [1.807, 2.05) is 6.07 Å². The van der Waals surface area contributed by atoms with Crippen molar-refractivity contribution < 1.29 is 17.9 Å². The Labute approximate surface area is 143 Å². The lowest BCUT2D eigenvalue weighted by Crippen LogP contribution is -2.45. The molecule has 1 fully saturated rings. The van der Waals surface area contributed by atoms with Gasteiger partial charge in [0.25, 0.3) is 10.2 Å². The van der Waals surface area contributed by atoms with E-state index in [1.165, 1.54) is 7.11 Å². The minimum atomic E-state index is -3.68. The van der Waals surface area contributed by atoms with Gasteiger partial charge in [0.15, 0.2) is 0 Å². The molecule has 1 aliphatic rings. The lowest BCUT2D eigenvalue weighted by Gasteiger charge is -2.34. The SMILES string of the molecule is COc1ccc(N2CCN(C=O)CC2)cc1NS(=O)(=O)NC(C)C. The molecule has 1 saturated heterocycles. The predicted molar refractivity (Wildman–Crippen MR) is 93.7 cm³/mol. The minimum absolute atomic E-state index is 0.215. The summed E-state index contributed by atoms with van der Waals surface area (Å²) in [5.74, 6) is 0.444. The number of methoxy groups -OCH3 is 1. The second-order valence-corrected chi connectivity index (χ2v) is 7.34. The van der Waals surface area contributed by atoms with Gasteiger partial charge in [-0.3, -0.25) is 9.52 Å². The molecule has 0 bridgehead atoms. The fourth-order valence-electron chi connectivity index (χ4n) is 2.54. The van der Waals surface area contributed by atoms with E-state index in [-0.39, 0.29) is 6.04 Å². The monoisotopic (exact) mass is 356 g/mol. The van der Waals surface area contributed by atoms with E-state index in [4.69, 9.17) is 4.74 Å². The Morgan fingerprint density at radius 3 is 2.42 bits per heavy atom. The smallest absolute Gasteiger partial charge is 0.299 e. The van der Waals surface area contributed by atoms with Gasteiger partial charge in [0, 0.05) is 37.9 Å². The first-order chi connectivity index (χ1) is 11.3. The van der Waals surface area contributed by atoms with Gasteiger partial charge in [0.2, 0.25) is 6.41 Å². The van der Waals surface area contributed by atoms with E-state index in [9.17, 15) is 13.2 Å². The van der Waals surface area contributed by atoms with Crippen LogP contribution in [0.15, 0.2) is 18.2 Å². The average molecular weight is 356 g/mol. The summed E-state index contributed by atoms with van der Waals surface area (Å²) in [5.41, 5.74) is 1.25. The second-order valence-electron chi connectivity index (χ2n) is 5.89. The molecule has 8 nitrogen and oxygen atoms in total. The molecule has 1 amide bonds. The van der Waals surface area contributed by atoms with Crippen LogP contribution in [0.2, 0.25) is 0 Å². The molecular weight excluding hydrogens is 332 g/mol. The summed E-state index contributed by atoms with van der Waals surface area (Å²) in [6.45, 7) is 6.18. The van der Waals surface area contributed by atoms with E-state index in [0.717, 1.165) is 12.1 Å². The van der Waals surface area contributed by atoms with Gasteiger partial charge in [-0.05, 0) is 32.0 Å². The molecular formula is C15H24N4O4S. The van der Waals surface area contributed by atoms with Crippen LogP contribution in [-0.2, 0) is 15.0 Å². The van der Waals surface area contributed by atoms with Crippen molar-refractivity contribution in [1.29, 1.82) is 0 Å². The maximum atomic E-state index is 12.1. The molecule has 0 spiro atoms. The average Bonchev–Trinajstić information content (AvgIpc) is 2.53. The van der Waals surface area contributed by atoms with Crippen LogP contribution in [0.4, 0.5) is 11.4 Å². The summed E-state index contributed by atoms with van der Waals surface area (Å²) in [7, 11) is -2.19. The van der Waals surface area contributed by atoms with Gasteiger partial charge in [-0.15, -0.1) is 0 Å². The van der Waals surface area contributed by atoms with Crippen molar-refractivity contribution in [3.63, 3.8) is 0 Å². The van der Waals surface area contributed by atoms with Gasteiger partial charge in [-0.1, -0.05) is 0 Å². The van der Waals surface area contributed by atoms with Crippen LogP contribution < -0.4 is 19.1 Å². The molecule has 0 aromatic heterocycles. The van der Waals surface area contributed by atoms with Crippen molar-refractivity contribution in [3.05, 3.63) is 18.2 Å². The molecule has 24 heavy (non-hydrogen) atoms. The van der Waals surface area contributed by atoms with E-state index in [2.05, 4.69) is 14.3 Å². The number of rotatable bonds is 7. The van der Waals surface area contributed by atoms with Crippen molar-refractivity contribution >= 4 is 28.0 Å². The van der Waals surface area contributed by atoms with Gasteiger partial charge in [-0.25, -0.2) is 0 Å². The number of carbonyl (C=O) groups is 1. The molecule has 1 aromatic carbocycles. The Bertz CT molecular complexity index is 670. The minimum Gasteiger partial charge on any atom is -0.495 e. The summed E-state index contributed by atoms with van der Waals surface area (Å²) >= 11 is 0. The van der Waals surface area contributed by atoms with Crippen LogP contribution >= 0.6 is 0 Å². The third-order valence-corrected chi connectivity index (χ3v) is 4.92. The zero-order chi connectivity index (χ0) is 17.7. The van der Waals surface area contributed by atoms with Crippen molar-refractivity contribution in [2.75, 3.05) is 42.9 Å². The number of hydrogen-bond acceptors (Lipinski definition) is 5. The topological polar surface area (TPSA) is 91.0 Å². The molecule has 0 radical (unpaired) electrons. The number of hydrogen-bond donors (Lipinski definition) is 2. The fraction of sp³-hybridized carbons (Fsp3) is 0.533. The number of benzene rings is 1. The Hall–Kier alpha value is -2.00. The first-order valence-corrected chi connectivity index (χ1v) is 9.25. The summed E-state index contributed by atoms with van der Waals surface area (Å²) in [6.07, 6.45) is 0.850. The number of nitrogens with one attached hydrogen (secondary N) is 2. The molecule has 1 heterocycles. The zero-order valence-electron chi connectivity index (χ0n) is 14.2. The number of amides is 1. The summed E-state index contributed by atoms with van der Waals surface area (Å²) in [5, 5.41) is 0. The third-order valence-electron chi connectivity index (χ3n) is 3.65. The normalized spacial score (nSPS) is 15.5. The van der Waals surface area contributed by atoms with Gasteiger partial charge in [0.05, 0.1) is 12.8 Å². The molecule has 1 aliphatic heterocycles. The molecule has 2 rings (SSSR count). The fourth-order valence-corrected chi connectivity index (χ4v) is 3.67. The number of carbonyl (C=O) groups excluding carboxylic acids is 1. The quantitative estimate of drug-likeness (QED) is 0.699. The maximum absolute atomic E-state index is 12.1. The molecule has 1 aromatic rings. The Balaban J connectivity index is 2.20. The Morgan fingerprint density at radius 2 is 1.88 bits per heavy atom. The standard InChI is InChI=1S/C15H24N4O4S/c1-12(2)16-24(21,22)17-14-10-13(4-5-15(14)23-3)19-8-6-18(11-20)7-9-19/h4-5,10-12,16-17H,6-9H2,1-3H3. The predicted octanol–water partition coefficient (Wildman–Crippen LogP) is 0.628. The van der Waals surface area contributed by atoms with Crippen molar-refractivity contribution in [2.45, 2.75) is 19.9 Å². The molecule has 0 atom stereocenters. The van der Waals surface area contributed by atoms with Gasteiger partial charge in [0.1, 0.15) is 5.75 Å². The second kappa shape index (κ2) is 7.71. The largest absolute Gasteiger partial charge is 0.495 e. The maximum Gasteiger partial charge on any atom is 0.299 e. The van der Waals surface area contributed by atoms with Crippen molar-refractivity contribution in [3.8, 4) is 5.75 Å². The molecule has 2 N–H and O–H groups in total. The van der Waals surface area contributed by atoms with E-state index in [1.54, 1.807) is 30.9 Å². The Kier molecular flexibility index (Phi) is 5.89. The summed E-state index contributed by atoms with van der Waals surface area (Å²) < 4.78 is 34.5. The van der Waals surface area contributed by atoms with E-state index < -0.39 is 10.2 Å². The van der Waals surface area contributed by atoms with Crippen LogP contribution in [-0.4, -0.2) is 59.1 Å². The van der Waals surface area contributed by atoms with Crippen LogP contribution in [0.5, 0.6) is 5.75 Å². The molecule has 0 unspecified atom stereocenters. The molecule has 0 saturated carbocycles. The molecule has 9 heteroatoms. The van der Waals surface area contributed by atoms with E-state index in [0.29, 0.717) is 37.6 Å². The summed E-state index contributed by atoms with van der Waals surface area (Å²) in [6, 6.07) is 5.14. The van der Waals surface area contributed by atoms with Crippen molar-refractivity contribution in [1.82, 2.24) is 9.62 Å². The van der Waals surface area contributed by atoms with Crippen molar-refractivity contribution in [2.24, 2.45) is 0 Å². The molecule has 134 valence electrons. The number of piperazine rings is 1. The van der Waals surface area contributed by atoms with Gasteiger partial charge in [-0.2, -0.15) is 13.1 Å². The lowest BCUT2D eigenvalue weighted by atomic mass is 10.2. The first kappa shape index (κ1) is 18.3. The van der Waals surface area contributed by atoms with Crippen LogP contribution in [0.25, 0.3) is 0 Å².